The Hall–Kier alpha value is -0.130. The molecule has 0 heterocycles. The Morgan fingerprint density at radius 1 is 1.37 bits per heavy atom. The maximum atomic E-state index is 11.7. The first-order valence-electron chi connectivity index (χ1n) is 7.33. The zero-order chi connectivity index (χ0) is 14.7. The molecule has 0 amide bonds. The quantitative estimate of drug-likeness (QED) is 0.814. The molecule has 2 N–H and O–H groups in total. The standard InChI is InChI=1S/C14H29NO3S/c1-5-14(3,18-6-2)13(15)11-8-7-9-12(10-11)19(4,16)17/h11-13H,5-10,15H2,1-4H3. The Kier molecular flexibility index (Phi) is 5.83. The molecule has 1 saturated carbocycles. The van der Waals surface area contributed by atoms with E-state index >= 15 is 0 Å². The van der Waals surface area contributed by atoms with E-state index in [1.165, 1.54) is 6.26 Å². The fraction of sp³-hybridized carbons (Fsp3) is 1.00. The molecule has 0 bridgehead atoms. The summed E-state index contributed by atoms with van der Waals surface area (Å²) in [5.74, 6) is 0.241. The van der Waals surface area contributed by atoms with Crippen molar-refractivity contribution in [2.45, 2.75) is 69.8 Å². The number of rotatable bonds is 6. The number of hydrogen-bond donors (Lipinski definition) is 1. The summed E-state index contributed by atoms with van der Waals surface area (Å²) in [5, 5.41) is -0.222. The Morgan fingerprint density at radius 2 is 2.00 bits per heavy atom. The van der Waals surface area contributed by atoms with Gasteiger partial charge in [-0.05, 0) is 45.4 Å². The summed E-state index contributed by atoms with van der Waals surface area (Å²) < 4.78 is 29.3. The molecular weight excluding hydrogens is 262 g/mol. The summed E-state index contributed by atoms with van der Waals surface area (Å²) >= 11 is 0. The summed E-state index contributed by atoms with van der Waals surface area (Å²) in [6.45, 7) is 6.73. The van der Waals surface area contributed by atoms with E-state index < -0.39 is 9.84 Å². The highest BCUT2D eigenvalue weighted by Gasteiger charge is 2.40. The molecule has 0 aromatic heterocycles. The average molecular weight is 291 g/mol. The SMILES string of the molecule is CCOC(C)(CC)C(N)C1CCCC(S(C)(=O)=O)C1. The van der Waals surface area contributed by atoms with Gasteiger partial charge in [0.15, 0.2) is 0 Å². The zero-order valence-electron chi connectivity index (χ0n) is 12.7. The van der Waals surface area contributed by atoms with Crippen LogP contribution in [0.4, 0.5) is 0 Å². The van der Waals surface area contributed by atoms with Crippen LogP contribution in [0.25, 0.3) is 0 Å². The molecule has 4 nitrogen and oxygen atoms in total. The smallest absolute Gasteiger partial charge is 0.150 e. The summed E-state index contributed by atoms with van der Waals surface area (Å²) in [5.41, 5.74) is 6.06. The van der Waals surface area contributed by atoms with Gasteiger partial charge in [0.25, 0.3) is 0 Å². The van der Waals surface area contributed by atoms with Gasteiger partial charge in [0.05, 0.1) is 10.9 Å². The van der Waals surface area contributed by atoms with E-state index in [1.54, 1.807) is 0 Å². The van der Waals surface area contributed by atoms with E-state index in [9.17, 15) is 8.42 Å². The summed E-state index contributed by atoms with van der Waals surface area (Å²) in [7, 11) is -2.95. The molecule has 0 saturated heterocycles. The lowest BCUT2D eigenvalue weighted by atomic mass is 9.76. The van der Waals surface area contributed by atoms with Gasteiger partial charge in [0.2, 0.25) is 0 Å². The van der Waals surface area contributed by atoms with Gasteiger partial charge < -0.3 is 10.5 Å². The van der Waals surface area contributed by atoms with Crippen LogP contribution in [0.5, 0.6) is 0 Å². The van der Waals surface area contributed by atoms with E-state index in [0.717, 1.165) is 25.7 Å². The third kappa shape index (κ3) is 4.17. The van der Waals surface area contributed by atoms with Crippen molar-refractivity contribution in [3.63, 3.8) is 0 Å². The molecule has 4 unspecified atom stereocenters. The topological polar surface area (TPSA) is 69.4 Å². The molecule has 19 heavy (non-hydrogen) atoms. The van der Waals surface area contributed by atoms with E-state index in [2.05, 4.69) is 6.92 Å². The van der Waals surface area contributed by atoms with Crippen LogP contribution < -0.4 is 5.73 Å². The Labute approximate surface area is 118 Å². The second-order valence-corrected chi connectivity index (χ2v) is 8.33. The van der Waals surface area contributed by atoms with Gasteiger partial charge in [-0.3, -0.25) is 0 Å². The van der Waals surface area contributed by atoms with E-state index in [1.807, 2.05) is 13.8 Å². The predicted octanol–water partition coefficient (Wildman–Crippen LogP) is 2.12. The molecule has 1 rings (SSSR count). The average Bonchev–Trinajstić information content (AvgIpc) is 2.37. The first kappa shape index (κ1) is 16.9. The highest BCUT2D eigenvalue weighted by Crippen LogP contribution is 2.35. The number of sulfone groups is 1. The van der Waals surface area contributed by atoms with Crippen molar-refractivity contribution < 1.29 is 13.2 Å². The predicted molar refractivity (Wildman–Crippen MR) is 78.9 cm³/mol. The minimum Gasteiger partial charge on any atom is -0.374 e. The number of ether oxygens (including phenoxy) is 1. The minimum absolute atomic E-state index is 0.0954. The molecule has 0 aromatic rings. The highest BCUT2D eigenvalue weighted by atomic mass is 32.2. The molecular formula is C14H29NO3S. The molecule has 5 heteroatoms. The van der Waals surface area contributed by atoms with Crippen LogP contribution in [0.15, 0.2) is 0 Å². The number of hydrogen-bond acceptors (Lipinski definition) is 4. The maximum absolute atomic E-state index is 11.7. The van der Waals surface area contributed by atoms with Gasteiger partial charge in [-0.25, -0.2) is 8.42 Å². The van der Waals surface area contributed by atoms with Crippen molar-refractivity contribution >= 4 is 9.84 Å². The van der Waals surface area contributed by atoms with Crippen molar-refractivity contribution in [1.29, 1.82) is 0 Å². The summed E-state index contributed by atoms with van der Waals surface area (Å²) in [6, 6.07) is -0.0954. The molecule has 0 radical (unpaired) electrons. The van der Waals surface area contributed by atoms with Gasteiger partial charge in [-0.2, -0.15) is 0 Å². The van der Waals surface area contributed by atoms with Crippen LogP contribution in [-0.4, -0.2) is 38.2 Å². The van der Waals surface area contributed by atoms with E-state index in [-0.39, 0.29) is 22.8 Å². The fourth-order valence-electron chi connectivity index (χ4n) is 3.16. The van der Waals surface area contributed by atoms with Gasteiger partial charge in [0, 0.05) is 18.9 Å². The lowest BCUT2D eigenvalue weighted by molar-refractivity contribution is -0.0625. The largest absolute Gasteiger partial charge is 0.374 e. The molecule has 0 aromatic carbocycles. The second-order valence-electron chi connectivity index (χ2n) is 6.00. The lowest BCUT2D eigenvalue weighted by Gasteiger charge is -2.41. The second kappa shape index (κ2) is 6.55. The molecule has 114 valence electrons. The van der Waals surface area contributed by atoms with Crippen LogP contribution >= 0.6 is 0 Å². The Bertz CT molecular complexity index is 382. The van der Waals surface area contributed by atoms with E-state index in [0.29, 0.717) is 13.0 Å². The first-order chi connectivity index (χ1) is 8.74. The van der Waals surface area contributed by atoms with Crippen molar-refractivity contribution in [3.05, 3.63) is 0 Å². The molecule has 0 aliphatic heterocycles. The number of nitrogens with two attached hydrogens (primary N) is 1. The van der Waals surface area contributed by atoms with Crippen LogP contribution in [0.2, 0.25) is 0 Å². The normalized spacial score (nSPS) is 29.7. The first-order valence-corrected chi connectivity index (χ1v) is 9.28. The molecule has 4 atom stereocenters. The van der Waals surface area contributed by atoms with Gasteiger partial charge in [-0.1, -0.05) is 13.3 Å². The highest BCUT2D eigenvalue weighted by molar-refractivity contribution is 7.91. The van der Waals surface area contributed by atoms with E-state index in [4.69, 9.17) is 10.5 Å². The monoisotopic (exact) mass is 291 g/mol. The van der Waals surface area contributed by atoms with Crippen LogP contribution in [0, 0.1) is 5.92 Å². The van der Waals surface area contributed by atoms with Crippen LogP contribution in [-0.2, 0) is 14.6 Å². The van der Waals surface area contributed by atoms with Crippen molar-refractivity contribution in [3.8, 4) is 0 Å². The maximum Gasteiger partial charge on any atom is 0.150 e. The molecule has 1 aliphatic carbocycles. The molecule has 0 spiro atoms. The van der Waals surface area contributed by atoms with Crippen molar-refractivity contribution in [2.24, 2.45) is 11.7 Å². The van der Waals surface area contributed by atoms with Crippen LogP contribution in [0.3, 0.4) is 0 Å². The molecule has 1 aliphatic rings. The zero-order valence-corrected chi connectivity index (χ0v) is 13.5. The molecule has 1 fully saturated rings. The fourth-order valence-corrected chi connectivity index (χ4v) is 4.35. The van der Waals surface area contributed by atoms with Crippen molar-refractivity contribution in [2.75, 3.05) is 12.9 Å². The third-order valence-electron chi connectivity index (χ3n) is 4.66. The van der Waals surface area contributed by atoms with Crippen molar-refractivity contribution in [1.82, 2.24) is 0 Å². The van der Waals surface area contributed by atoms with Crippen LogP contribution in [0.1, 0.15) is 52.9 Å². The summed E-state index contributed by atoms with van der Waals surface area (Å²) in [6.07, 6.45) is 5.61. The summed E-state index contributed by atoms with van der Waals surface area (Å²) in [4.78, 5) is 0. The van der Waals surface area contributed by atoms with Gasteiger partial charge >= 0.3 is 0 Å². The Morgan fingerprint density at radius 3 is 2.47 bits per heavy atom. The van der Waals surface area contributed by atoms with Gasteiger partial charge in [-0.15, -0.1) is 0 Å². The minimum atomic E-state index is -2.95. The Balaban J connectivity index is 2.79. The lowest BCUT2D eigenvalue weighted by Crippen LogP contribution is -2.53. The third-order valence-corrected chi connectivity index (χ3v) is 6.30. The van der Waals surface area contributed by atoms with Gasteiger partial charge in [0.1, 0.15) is 9.84 Å².